The lowest BCUT2D eigenvalue weighted by molar-refractivity contribution is 1.24. The first-order valence-electron chi connectivity index (χ1n) is 3.96. The van der Waals surface area contributed by atoms with Crippen LogP contribution in [0.3, 0.4) is 0 Å². The number of rotatable bonds is 0. The zero-order valence-corrected chi connectivity index (χ0v) is 8.68. The number of nitrogens with one attached hydrogen (secondary N) is 1. The van der Waals surface area contributed by atoms with Crippen molar-refractivity contribution >= 4 is 26.8 Å². The predicted molar refractivity (Wildman–Crippen MR) is 57.0 cm³/mol. The van der Waals surface area contributed by atoms with Crippen molar-refractivity contribution < 1.29 is 0 Å². The summed E-state index contributed by atoms with van der Waals surface area (Å²) in [5.41, 5.74) is 1.83. The Morgan fingerprint density at radius 2 is 2.08 bits per heavy atom. The lowest BCUT2D eigenvalue weighted by Gasteiger charge is -1.99. The fraction of sp³-hybridized carbons (Fsp3) is 0.100. The van der Waals surface area contributed by atoms with Gasteiger partial charge in [-0.05, 0) is 25.1 Å². The van der Waals surface area contributed by atoms with Crippen LogP contribution in [0.4, 0.5) is 0 Å². The van der Waals surface area contributed by atoms with E-state index in [0.29, 0.717) is 0 Å². The minimum absolute atomic E-state index is 0.0683. The number of hydrogen-bond donors (Lipinski definition) is 1. The number of aromatic amines is 1. The number of hydrogen-bond acceptors (Lipinski definition) is 1. The molecule has 2 nitrogen and oxygen atoms in total. The van der Waals surface area contributed by atoms with Crippen LogP contribution in [0.15, 0.2) is 33.5 Å². The van der Waals surface area contributed by atoms with Crippen LogP contribution in [-0.2, 0) is 0 Å². The van der Waals surface area contributed by atoms with Crippen LogP contribution in [0.2, 0.25) is 0 Å². The summed E-state index contributed by atoms with van der Waals surface area (Å²) in [7, 11) is 0. The number of aryl methyl sites for hydroxylation is 1. The van der Waals surface area contributed by atoms with Crippen molar-refractivity contribution in [3.05, 3.63) is 44.7 Å². The van der Waals surface area contributed by atoms with Crippen molar-refractivity contribution in [2.45, 2.75) is 6.92 Å². The molecule has 2 aromatic rings. The summed E-state index contributed by atoms with van der Waals surface area (Å²) in [6.45, 7) is 1.88. The molecule has 0 spiro atoms. The maximum absolute atomic E-state index is 11.5. The number of halogens is 1. The predicted octanol–water partition coefficient (Wildman–Crippen LogP) is 2.60. The molecular weight excluding hydrogens is 230 g/mol. The van der Waals surface area contributed by atoms with E-state index in [1.807, 2.05) is 25.1 Å². The standard InChI is InChI=1S/C10H8BrNO/c1-6-4-10(13)8-3-2-7(11)5-9(8)12-6/h2-5H,1H3,(H,12,13). The summed E-state index contributed by atoms with van der Waals surface area (Å²) < 4.78 is 0.973. The molecule has 1 heterocycles. The summed E-state index contributed by atoms with van der Waals surface area (Å²) in [6, 6.07) is 7.20. The molecule has 0 radical (unpaired) electrons. The second kappa shape index (κ2) is 3.00. The van der Waals surface area contributed by atoms with Crippen molar-refractivity contribution in [1.29, 1.82) is 0 Å². The molecule has 3 heteroatoms. The van der Waals surface area contributed by atoms with Crippen molar-refractivity contribution in [3.63, 3.8) is 0 Å². The average molecular weight is 238 g/mol. The summed E-state index contributed by atoms with van der Waals surface area (Å²) in [5.74, 6) is 0. The molecule has 0 atom stereocenters. The van der Waals surface area contributed by atoms with E-state index < -0.39 is 0 Å². The lowest BCUT2D eigenvalue weighted by Crippen LogP contribution is -2.02. The maximum Gasteiger partial charge on any atom is 0.189 e. The minimum Gasteiger partial charge on any atom is -0.358 e. The Labute approximate surface area is 83.7 Å². The number of fused-ring (bicyclic) bond motifs is 1. The molecule has 13 heavy (non-hydrogen) atoms. The molecule has 0 fully saturated rings. The van der Waals surface area contributed by atoms with Gasteiger partial charge in [0.05, 0.1) is 5.52 Å². The highest BCUT2D eigenvalue weighted by molar-refractivity contribution is 9.10. The van der Waals surface area contributed by atoms with Crippen LogP contribution in [0.5, 0.6) is 0 Å². The molecule has 1 aromatic heterocycles. The fourth-order valence-electron chi connectivity index (χ4n) is 1.36. The zero-order chi connectivity index (χ0) is 9.42. The second-order valence-corrected chi connectivity index (χ2v) is 3.92. The van der Waals surface area contributed by atoms with Gasteiger partial charge in [0.1, 0.15) is 0 Å². The molecule has 0 amide bonds. The van der Waals surface area contributed by atoms with Gasteiger partial charge in [-0.1, -0.05) is 15.9 Å². The molecular formula is C10H8BrNO. The highest BCUT2D eigenvalue weighted by Gasteiger charge is 1.99. The number of pyridine rings is 1. The van der Waals surface area contributed by atoms with Crippen LogP contribution in [0.25, 0.3) is 10.9 Å². The lowest BCUT2D eigenvalue weighted by atomic mass is 10.2. The van der Waals surface area contributed by atoms with Crippen LogP contribution >= 0.6 is 15.9 Å². The van der Waals surface area contributed by atoms with Crippen molar-refractivity contribution in [2.24, 2.45) is 0 Å². The van der Waals surface area contributed by atoms with Gasteiger partial charge in [-0.15, -0.1) is 0 Å². The van der Waals surface area contributed by atoms with E-state index >= 15 is 0 Å². The molecule has 0 unspecified atom stereocenters. The summed E-state index contributed by atoms with van der Waals surface area (Å²) in [6.07, 6.45) is 0. The first kappa shape index (κ1) is 8.51. The Bertz CT molecular complexity index is 511. The van der Waals surface area contributed by atoms with Gasteiger partial charge in [0.2, 0.25) is 0 Å². The molecule has 2 rings (SSSR count). The van der Waals surface area contributed by atoms with Gasteiger partial charge in [-0.25, -0.2) is 0 Å². The topological polar surface area (TPSA) is 32.9 Å². The summed E-state index contributed by atoms with van der Waals surface area (Å²) in [4.78, 5) is 14.6. The van der Waals surface area contributed by atoms with E-state index in [-0.39, 0.29) is 5.43 Å². The van der Waals surface area contributed by atoms with Crippen LogP contribution in [0, 0.1) is 6.92 Å². The molecule has 0 saturated carbocycles. The van der Waals surface area contributed by atoms with Gasteiger partial charge >= 0.3 is 0 Å². The maximum atomic E-state index is 11.5. The molecule has 1 aromatic carbocycles. The van der Waals surface area contributed by atoms with Crippen molar-refractivity contribution in [3.8, 4) is 0 Å². The van der Waals surface area contributed by atoms with Gasteiger partial charge < -0.3 is 4.98 Å². The number of aromatic nitrogens is 1. The first-order chi connectivity index (χ1) is 6.16. The third-order valence-corrected chi connectivity index (χ3v) is 2.42. The molecule has 0 aliphatic rings. The summed E-state index contributed by atoms with van der Waals surface area (Å²) in [5, 5.41) is 0.730. The van der Waals surface area contributed by atoms with E-state index in [0.717, 1.165) is 21.1 Å². The largest absolute Gasteiger partial charge is 0.358 e. The monoisotopic (exact) mass is 237 g/mol. The second-order valence-electron chi connectivity index (χ2n) is 3.01. The van der Waals surface area contributed by atoms with Crippen molar-refractivity contribution in [2.75, 3.05) is 0 Å². The molecule has 0 saturated heterocycles. The Morgan fingerprint density at radius 1 is 1.31 bits per heavy atom. The average Bonchev–Trinajstić information content (AvgIpc) is 2.02. The fourth-order valence-corrected chi connectivity index (χ4v) is 1.72. The van der Waals surface area contributed by atoms with E-state index in [9.17, 15) is 4.79 Å². The molecule has 1 N–H and O–H groups in total. The Balaban J connectivity index is 2.95. The number of H-pyrrole nitrogens is 1. The van der Waals surface area contributed by atoms with Gasteiger partial charge in [-0.2, -0.15) is 0 Å². The van der Waals surface area contributed by atoms with Gasteiger partial charge in [-0.3, -0.25) is 4.79 Å². The van der Waals surface area contributed by atoms with E-state index in [2.05, 4.69) is 20.9 Å². The minimum atomic E-state index is 0.0683. The first-order valence-corrected chi connectivity index (χ1v) is 4.75. The van der Waals surface area contributed by atoms with Gasteiger partial charge in [0.25, 0.3) is 0 Å². The Kier molecular flexibility index (Phi) is 1.96. The zero-order valence-electron chi connectivity index (χ0n) is 7.10. The van der Waals surface area contributed by atoms with Crippen LogP contribution in [-0.4, -0.2) is 4.98 Å². The summed E-state index contributed by atoms with van der Waals surface area (Å²) >= 11 is 3.36. The van der Waals surface area contributed by atoms with Gasteiger partial charge in [0.15, 0.2) is 5.43 Å². The van der Waals surface area contributed by atoms with Gasteiger partial charge in [0, 0.05) is 21.6 Å². The number of benzene rings is 1. The van der Waals surface area contributed by atoms with Crippen LogP contribution < -0.4 is 5.43 Å². The normalized spacial score (nSPS) is 10.6. The molecule has 66 valence electrons. The Hall–Kier alpha value is -1.09. The van der Waals surface area contributed by atoms with E-state index in [4.69, 9.17) is 0 Å². The molecule has 0 aliphatic carbocycles. The molecule has 0 bridgehead atoms. The SMILES string of the molecule is Cc1cc(=O)c2ccc(Br)cc2[nH]1. The quantitative estimate of drug-likeness (QED) is 0.751. The van der Waals surface area contributed by atoms with Crippen molar-refractivity contribution in [1.82, 2.24) is 4.98 Å². The highest BCUT2D eigenvalue weighted by Crippen LogP contribution is 2.15. The van der Waals surface area contributed by atoms with E-state index in [1.54, 1.807) is 6.07 Å². The highest BCUT2D eigenvalue weighted by atomic mass is 79.9. The third-order valence-electron chi connectivity index (χ3n) is 1.93. The molecule has 0 aliphatic heterocycles. The van der Waals surface area contributed by atoms with Crippen LogP contribution in [0.1, 0.15) is 5.69 Å². The van der Waals surface area contributed by atoms with E-state index in [1.165, 1.54) is 0 Å². The third kappa shape index (κ3) is 1.52. The Morgan fingerprint density at radius 3 is 2.85 bits per heavy atom. The smallest absolute Gasteiger partial charge is 0.189 e.